The van der Waals surface area contributed by atoms with Crippen LogP contribution in [0.2, 0.25) is 0 Å². The number of carbonyl (C=O) groups excluding carboxylic acids is 1. The lowest BCUT2D eigenvalue weighted by molar-refractivity contribution is -0.268. The van der Waals surface area contributed by atoms with Gasteiger partial charge in [0.15, 0.2) is 6.29 Å². The molecule has 1 fully saturated rings. The van der Waals surface area contributed by atoms with Crippen molar-refractivity contribution in [1.82, 2.24) is 5.32 Å². The summed E-state index contributed by atoms with van der Waals surface area (Å²) in [6, 6.07) is 31.6. The van der Waals surface area contributed by atoms with Crippen molar-refractivity contribution in [3.63, 3.8) is 0 Å². The third-order valence-corrected chi connectivity index (χ3v) is 8.48. The first-order valence-electron chi connectivity index (χ1n) is 13.8. The Morgan fingerprint density at radius 1 is 0.786 bits per heavy atom. The highest BCUT2D eigenvalue weighted by atomic mass is 32.2. The molecule has 4 aromatic carbocycles. The molecule has 3 N–H and O–H groups in total. The van der Waals surface area contributed by atoms with Crippen molar-refractivity contribution >= 4 is 23.6 Å². The minimum atomic E-state index is -0.949. The first kappa shape index (κ1) is 29.5. The van der Waals surface area contributed by atoms with E-state index in [0.29, 0.717) is 17.9 Å². The Balaban J connectivity index is 1.30. The molecule has 7 nitrogen and oxygen atoms in total. The Hall–Kier alpha value is -3.95. The van der Waals surface area contributed by atoms with Crippen LogP contribution in [-0.4, -0.2) is 33.9 Å². The molecule has 1 heterocycles. The molecule has 8 heteroatoms. The maximum absolute atomic E-state index is 12.4. The molecule has 4 atom stereocenters. The topological polar surface area (TPSA) is 105 Å². The number of amides is 1. The van der Waals surface area contributed by atoms with Gasteiger partial charge in [0.2, 0.25) is 0 Å². The lowest BCUT2D eigenvalue weighted by Crippen LogP contribution is -2.38. The van der Waals surface area contributed by atoms with Crippen LogP contribution in [0.4, 0.5) is 0 Å². The summed E-state index contributed by atoms with van der Waals surface area (Å²) in [6.45, 7) is 2.49. The monoisotopic (exact) mass is 583 g/mol. The Kier molecular flexibility index (Phi) is 9.71. The number of nitrogens with one attached hydrogen (secondary N) is 1. The van der Waals surface area contributed by atoms with Gasteiger partial charge in [0.25, 0.3) is 5.91 Å². The Labute approximate surface area is 249 Å². The summed E-state index contributed by atoms with van der Waals surface area (Å²) in [4.78, 5) is 24.6. The van der Waals surface area contributed by atoms with Crippen molar-refractivity contribution in [3.05, 3.63) is 137 Å². The minimum Gasteiger partial charge on any atom is -0.478 e. The SMILES string of the molecule is CC1C(CSc2ccc(C(=O)O)cc2)OC(c2ccc(CNC(=O)c3ccccc3)cc2)OC1c1ccc(CO)cc1. The first-order chi connectivity index (χ1) is 20.4. The molecule has 42 heavy (non-hydrogen) atoms. The molecule has 4 aromatic rings. The second kappa shape index (κ2) is 13.8. The van der Waals surface area contributed by atoms with Crippen LogP contribution in [0, 0.1) is 5.92 Å². The molecular formula is C34H33NO6S. The van der Waals surface area contributed by atoms with Gasteiger partial charge in [-0.15, -0.1) is 11.8 Å². The van der Waals surface area contributed by atoms with Crippen LogP contribution in [-0.2, 0) is 22.6 Å². The van der Waals surface area contributed by atoms with Crippen LogP contribution < -0.4 is 5.32 Å². The molecular weight excluding hydrogens is 550 g/mol. The summed E-state index contributed by atoms with van der Waals surface area (Å²) < 4.78 is 13.0. The molecule has 5 rings (SSSR count). The highest BCUT2D eigenvalue weighted by Crippen LogP contribution is 2.43. The zero-order valence-electron chi connectivity index (χ0n) is 23.2. The summed E-state index contributed by atoms with van der Waals surface area (Å²) in [5.41, 5.74) is 4.55. The van der Waals surface area contributed by atoms with Crippen LogP contribution in [0.1, 0.15) is 62.3 Å². The van der Waals surface area contributed by atoms with Gasteiger partial charge in [-0.2, -0.15) is 0 Å². The van der Waals surface area contributed by atoms with E-state index in [1.54, 1.807) is 36.0 Å². The van der Waals surface area contributed by atoms with Gasteiger partial charge in [0, 0.05) is 34.2 Å². The van der Waals surface area contributed by atoms with Crippen LogP contribution in [0.5, 0.6) is 0 Å². The number of aromatic carboxylic acids is 1. The van der Waals surface area contributed by atoms with Crippen LogP contribution in [0.25, 0.3) is 0 Å². The van der Waals surface area contributed by atoms with Gasteiger partial charge in [0.05, 0.1) is 24.4 Å². The number of ether oxygens (including phenoxy) is 2. The molecule has 216 valence electrons. The average molecular weight is 584 g/mol. The van der Waals surface area contributed by atoms with Gasteiger partial charge in [0.1, 0.15) is 0 Å². The number of carboxylic acid groups (broad SMARTS) is 1. The van der Waals surface area contributed by atoms with E-state index < -0.39 is 12.3 Å². The zero-order chi connectivity index (χ0) is 29.5. The Morgan fingerprint density at radius 2 is 1.43 bits per heavy atom. The molecule has 0 spiro atoms. The molecule has 1 saturated heterocycles. The maximum atomic E-state index is 12.4. The van der Waals surface area contributed by atoms with Crippen molar-refractivity contribution in [3.8, 4) is 0 Å². The van der Waals surface area contributed by atoms with Crippen LogP contribution in [0.15, 0.2) is 108 Å². The van der Waals surface area contributed by atoms with Crippen molar-refractivity contribution < 1.29 is 29.3 Å². The standard InChI is InChI=1S/C34H33NO6S/c1-22-30(21-42-29-17-15-27(16-18-29)33(38)39)40-34(41-31(22)25-11-9-24(20-36)10-12-25)28-13-7-23(8-14-28)19-35-32(37)26-5-3-2-4-6-26/h2-18,22,30-31,34,36H,19-21H2,1H3,(H,35,37)(H,38,39). The van der Waals surface area contributed by atoms with E-state index >= 15 is 0 Å². The van der Waals surface area contributed by atoms with E-state index in [1.165, 1.54) is 0 Å². The van der Waals surface area contributed by atoms with Gasteiger partial charge in [-0.25, -0.2) is 4.79 Å². The van der Waals surface area contributed by atoms with Gasteiger partial charge in [-0.3, -0.25) is 4.79 Å². The molecule has 0 bridgehead atoms. The predicted octanol–water partition coefficient (Wildman–Crippen LogP) is 6.39. The number of benzene rings is 4. The number of aliphatic hydroxyl groups is 1. The van der Waals surface area contributed by atoms with Crippen LogP contribution >= 0.6 is 11.8 Å². The highest BCUT2D eigenvalue weighted by Gasteiger charge is 2.38. The van der Waals surface area contributed by atoms with Crippen molar-refractivity contribution in [2.24, 2.45) is 5.92 Å². The first-order valence-corrected chi connectivity index (χ1v) is 14.8. The highest BCUT2D eigenvalue weighted by molar-refractivity contribution is 7.99. The third kappa shape index (κ3) is 7.27. The van der Waals surface area contributed by atoms with E-state index in [0.717, 1.165) is 27.1 Å². The Morgan fingerprint density at radius 3 is 2.07 bits per heavy atom. The largest absolute Gasteiger partial charge is 0.478 e. The van der Waals surface area contributed by atoms with E-state index in [2.05, 4.69) is 12.2 Å². The summed E-state index contributed by atoms with van der Waals surface area (Å²) in [5.74, 6) is -0.391. The average Bonchev–Trinajstić information content (AvgIpc) is 3.04. The van der Waals surface area contributed by atoms with Gasteiger partial charge >= 0.3 is 5.97 Å². The number of hydrogen-bond acceptors (Lipinski definition) is 6. The molecule has 4 unspecified atom stereocenters. The number of aliphatic hydroxyl groups excluding tert-OH is 1. The summed E-state index contributed by atoms with van der Waals surface area (Å²) in [7, 11) is 0. The second-order valence-corrected chi connectivity index (χ2v) is 11.3. The normalized spacial score (nSPS) is 20.1. The van der Waals surface area contributed by atoms with E-state index in [9.17, 15) is 19.8 Å². The zero-order valence-corrected chi connectivity index (χ0v) is 24.0. The minimum absolute atomic E-state index is 0.0226. The fourth-order valence-electron chi connectivity index (χ4n) is 4.85. The molecule has 0 aromatic heterocycles. The Bertz CT molecular complexity index is 1480. The van der Waals surface area contributed by atoms with Gasteiger partial charge in [-0.1, -0.05) is 73.7 Å². The summed E-state index contributed by atoms with van der Waals surface area (Å²) >= 11 is 1.61. The van der Waals surface area contributed by atoms with Crippen molar-refractivity contribution in [1.29, 1.82) is 0 Å². The lowest BCUT2D eigenvalue weighted by Gasteiger charge is -2.41. The predicted molar refractivity (Wildman–Crippen MR) is 161 cm³/mol. The van der Waals surface area contributed by atoms with E-state index in [1.807, 2.05) is 78.9 Å². The molecule has 1 aliphatic rings. The maximum Gasteiger partial charge on any atom is 0.335 e. The third-order valence-electron chi connectivity index (χ3n) is 7.38. The fourth-order valence-corrected chi connectivity index (χ4v) is 5.92. The number of carboxylic acids is 1. The number of carbonyl (C=O) groups is 2. The quantitative estimate of drug-likeness (QED) is 0.186. The summed E-state index contributed by atoms with van der Waals surface area (Å²) in [6.07, 6.45) is -0.988. The number of thioether (sulfide) groups is 1. The molecule has 0 saturated carbocycles. The molecule has 0 radical (unpaired) electrons. The second-order valence-electron chi connectivity index (χ2n) is 10.3. The van der Waals surface area contributed by atoms with Crippen LogP contribution in [0.3, 0.4) is 0 Å². The van der Waals surface area contributed by atoms with Gasteiger partial charge in [-0.05, 0) is 53.1 Å². The molecule has 0 aliphatic carbocycles. The fraction of sp³-hybridized carbons (Fsp3) is 0.235. The number of rotatable bonds is 10. The summed E-state index contributed by atoms with van der Waals surface area (Å²) in [5, 5.41) is 21.6. The smallest absolute Gasteiger partial charge is 0.335 e. The number of hydrogen-bond donors (Lipinski definition) is 3. The molecule has 1 aliphatic heterocycles. The van der Waals surface area contributed by atoms with E-state index in [-0.39, 0.29) is 36.2 Å². The van der Waals surface area contributed by atoms with Crippen molar-refractivity contribution in [2.75, 3.05) is 5.75 Å². The van der Waals surface area contributed by atoms with Gasteiger partial charge < -0.3 is 25.0 Å². The lowest BCUT2D eigenvalue weighted by atomic mass is 9.91. The molecule has 1 amide bonds. The van der Waals surface area contributed by atoms with E-state index in [4.69, 9.17) is 9.47 Å². The van der Waals surface area contributed by atoms with Crippen molar-refractivity contribution in [2.45, 2.75) is 43.5 Å².